The molecular weight excluding hydrogens is 690 g/mol. The fourth-order valence-corrected chi connectivity index (χ4v) is 7.75. The molecule has 1 aliphatic carbocycles. The fourth-order valence-electron chi connectivity index (χ4n) is 6.32. The lowest BCUT2D eigenvalue weighted by Gasteiger charge is -2.34. The number of rotatable bonds is 16. The zero-order valence-corrected chi connectivity index (χ0v) is 30.5. The molecule has 13 heteroatoms. The van der Waals surface area contributed by atoms with Crippen LogP contribution in [0.1, 0.15) is 36.8 Å². The molecule has 0 heterocycles. The number of sulfonamides is 1. The van der Waals surface area contributed by atoms with E-state index >= 15 is 0 Å². The van der Waals surface area contributed by atoms with Gasteiger partial charge in [0.25, 0.3) is 10.0 Å². The summed E-state index contributed by atoms with van der Waals surface area (Å²) in [5.74, 6) is -0.555. The van der Waals surface area contributed by atoms with Crippen LogP contribution in [0.25, 0.3) is 0 Å². The van der Waals surface area contributed by atoms with E-state index < -0.39 is 34.3 Å². The van der Waals surface area contributed by atoms with Gasteiger partial charge in [-0.3, -0.25) is 13.9 Å². The standard InChI is InChI=1S/C39H44FN3O8S/c1-48-31-18-20-35(49-2)33(23-31)43(52(46,47)32-19-21-36(50-3)37(24-32)51-4)26-38(44)42(25-28-14-16-29(40)17-15-28)34(22-27-10-6-5-7-11-27)39(45)41-30-12-8-9-13-30/h5-7,10-11,14-21,23-24,30,34H,8-9,12-13,22,25-26H2,1-4H3,(H,41,45)/t34-/m0/s1. The first-order valence-electron chi connectivity index (χ1n) is 16.9. The zero-order chi connectivity index (χ0) is 37.3. The van der Waals surface area contributed by atoms with Crippen LogP contribution >= 0.6 is 0 Å². The first-order valence-corrected chi connectivity index (χ1v) is 18.4. The van der Waals surface area contributed by atoms with Crippen LogP contribution in [-0.4, -0.2) is 72.2 Å². The molecule has 0 unspecified atom stereocenters. The molecule has 0 spiro atoms. The predicted octanol–water partition coefficient (Wildman–Crippen LogP) is 5.75. The molecule has 1 aliphatic rings. The quantitative estimate of drug-likeness (QED) is 0.154. The van der Waals surface area contributed by atoms with Crippen LogP contribution in [0.5, 0.6) is 23.0 Å². The first-order chi connectivity index (χ1) is 25.1. The number of halogens is 1. The Bertz CT molecular complexity index is 1940. The number of hydrogen-bond donors (Lipinski definition) is 1. The lowest BCUT2D eigenvalue weighted by atomic mass is 10.0. The van der Waals surface area contributed by atoms with E-state index in [0.29, 0.717) is 17.1 Å². The summed E-state index contributed by atoms with van der Waals surface area (Å²) < 4.78 is 66.1. The van der Waals surface area contributed by atoms with Crippen LogP contribution < -0.4 is 28.6 Å². The third kappa shape index (κ3) is 8.94. The number of anilines is 1. The number of carbonyl (C=O) groups is 2. The van der Waals surface area contributed by atoms with Crippen LogP contribution in [0.2, 0.25) is 0 Å². The minimum atomic E-state index is -4.54. The van der Waals surface area contributed by atoms with E-state index in [-0.39, 0.29) is 47.0 Å². The van der Waals surface area contributed by atoms with E-state index in [2.05, 4.69) is 5.32 Å². The monoisotopic (exact) mass is 733 g/mol. The second-order valence-electron chi connectivity index (χ2n) is 12.4. The van der Waals surface area contributed by atoms with Gasteiger partial charge in [0.2, 0.25) is 11.8 Å². The van der Waals surface area contributed by atoms with Gasteiger partial charge in [0.15, 0.2) is 11.5 Å². The van der Waals surface area contributed by atoms with Gasteiger partial charge in [0, 0.05) is 31.1 Å². The van der Waals surface area contributed by atoms with Crippen LogP contribution in [-0.2, 0) is 32.6 Å². The fraction of sp³-hybridized carbons (Fsp3) is 0.333. The third-order valence-corrected chi connectivity index (χ3v) is 10.9. The number of nitrogens with one attached hydrogen (secondary N) is 1. The Balaban J connectivity index is 1.64. The minimum absolute atomic E-state index is 0.0294. The van der Waals surface area contributed by atoms with Gasteiger partial charge in [0.1, 0.15) is 29.9 Å². The zero-order valence-electron chi connectivity index (χ0n) is 29.7. The van der Waals surface area contributed by atoms with Gasteiger partial charge in [-0.15, -0.1) is 0 Å². The molecule has 276 valence electrons. The number of carbonyl (C=O) groups excluding carboxylic acids is 2. The van der Waals surface area contributed by atoms with Gasteiger partial charge < -0.3 is 29.2 Å². The molecule has 52 heavy (non-hydrogen) atoms. The Morgan fingerprint density at radius 2 is 1.44 bits per heavy atom. The second kappa shape index (κ2) is 17.3. The number of hydrogen-bond acceptors (Lipinski definition) is 8. The summed E-state index contributed by atoms with van der Waals surface area (Å²) in [6, 6.07) is 22.5. The van der Waals surface area contributed by atoms with Crippen LogP contribution in [0, 0.1) is 5.82 Å². The molecule has 1 N–H and O–H groups in total. The topological polar surface area (TPSA) is 124 Å². The molecule has 0 saturated heterocycles. The van der Waals surface area contributed by atoms with Gasteiger partial charge in [-0.25, -0.2) is 12.8 Å². The van der Waals surface area contributed by atoms with E-state index in [1.165, 1.54) is 81.9 Å². The summed E-state index contributed by atoms with van der Waals surface area (Å²) in [5, 5.41) is 3.14. The molecule has 4 aromatic rings. The normalized spacial score (nSPS) is 13.6. The Morgan fingerprint density at radius 3 is 2.08 bits per heavy atom. The maximum absolute atomic E-state index is 14.9. The van der Waals surface area contributed by atoms with Crippen LogP contribution in [0.4, 0.5) is 10.1 Å². The minimum Gasteiger partial charge on any atom is -0.497 e. The Kier molecular flexibility index (Phi) is 12.6. The van der Waals surface area contributed by atoms with Crippen LogP contribution in [0.3, 0.4) is 0 Å². The molecule has 2 amide bonds. The van der Waals surface area contributed by atoms with Crippen molar-refractivity contribution in [1.82, 2.24) is 10.2 Å². The summed E-state index contributed by atoms with van der Waals surface area (Å²) in [5.41, 5.74) is 1.38. The Hall–Kier alpha value is -5.30. The smallest absolute Gasteiger partial charge is 0.265 e. The summed E-state index contributed by atoms with van der Waals surface area (Å²) in [7, 11) is 1.11. The lowest BCUT2D eigenvalue weighted by Crippen LogP contribution is -2.54. The van der Waals surface area contributed by atoms with Crippen molar-refractivity contribution in [2.75, 3.05) is 39.3 Å². The summed E-state index contributed by atoms with van der Waals surface area (Å²) in [4.78, 5) is 30.3. The first kappa shape index (κ1) is 37.9. The van der Waals surface area contributed by atoms with Gasteiger partial charge in [-0.2, -0.15) is 0 Å². The van der Waals surface area contributed by atoms with Crippen LogP contribution in [0.15, 0.2) is 95.9 Å². The van der Waals surface area contributed by atoms with Gasteiger partial charge in [-0.1, -0.05) is 55.3 Å². The largest absolute Gasteiger partial charge is 0.497 e. The van der Waals surface area contributed by atoms with Crippen molar-refractivity contribution in [3.05, 3.63) is 108 Å². The molecule has 0 bridgehead atoms. The number of ether oxygens (including phenoxy) is 4. The van der Waals surface area contributed by atoms with Gasteiger partial charge >= 0.3 is 0 Å². The molecule has 0 aromatic heterocycles. The van der Waals surface area contributed by atoms with E-state index in [1.807, 2.05) is 30.3 Å². The van der Waals surface area contributed by atoms with Gasteiger partial charge in [-0.05, 0) is 60.4 Å². The second-order valence-corrected chi connectivity index (χ2v) is 14.3. The molecule has 0 aliphatic heterocycles. The SMILES string of the molecule is COc1ccc(OC)c(N(CC(=O)N(Cc2ccc(F)cc2)[C@@H](Cc2ccccc2)C(=O)NC2CCCC2)S(=O)(=O)c2ccc(OC)c(OC)c2)c1. The van der Waals surface area contributed by atoms with Crippen molar-refractivity contribution >= 4 is 27.5 Å². The maximum Gasteiger partial charge on any atom is 0.265 e. The highest BCUT2D eigenvalue weighted by atomic mass is 32.2. The van der Waals surface area contributed by atoms with E-state index in [4.69, 9.17) is 18.9 Å². The number of amides is 2. The molecule has 1 fully saturated rings. The number of benzene rings is 4. The van der Waals surface area contributed by atoms with Crippen molar-refractivity contribution in [3.8, 4) is 23.0 Å². The molecule has 1 saturated carbocycles. The summed E-state index contributed by atoms with van der Waals surface area (Å²) in [6.07, 6.45) is 3.76. The predicted molar refractivity (Wildman–Crippen MR) is 195 cm³/mol. The van der Waals surface area contributed by atoms with E-state index in [1.54, 1.807) is 12.1 Å². The third-order valence-electron chi connectivity index (χ3n) is 9.12. The summed E-state index contributed by atoms with van der Waals surface area (Å²) >= 11 is 0. The Morgan fingerprint density at radius 1 is 0.788 bits per heavy atom. The summed E-state index contributed by atoms with van der Waals surface area (Å²) in [6.45, 7) is -0.836. The Labute approximate surface area is 304 Å². The van der Waals surface area contributed by atoms with E-state index in [0.717, 1.165) is 35.6 Å². The highest BCUT2D eigenvalue weighted by Gasteiger charge is 2.37. The number of nitrogens with zero attached hydrogens (tertiary/aromatic N) is 2. The molecule has 0 radical (unpaired) electrons. The molecule has 5 rings (SSSR count). The highest BCUT2D eigenvalue weighted by Crippen LogP contribution is 2.38. The average Bonchev–Trinajstić information content (AvgIpc) is 3.68. The molecular formula is C39H44FN3O8S. The highest BCUT2D eigenvalue weighted by molar-refractivity contribution is 7.92. The molecule has 11 nitrogen and oxygen atoms in total. The number of methoxy groups -OCH3 is 4. The van der Waals surface area contributed by atoms with E-state index in [9.17, 15) is 22.4 Å². The van der Waals surface area contributed by atoms with Gasteiger partial charge in [0.05, 0.1) is 39.0 Å². The molecule has 4 aromatic carbocycles. The van der Waals surface area contributed by atoms with Crippen molar-refractivity contribution < 1.29 is 41.3 Å². The van der Waals surface area contributed by atoms with Crippen molar-refractivity contribution in [2.24, 2.45) is 0 Å². The molecule has 1 atom stereocenters. The van der Waals surface area contributed by atoms with Crippen molar-refractivity contribution in [3.63, 3.8) is 0 Å². The maximum atomic E-state index is 14.9. The van der Waals surface area contributed by atoms with Crippen molar-refractivity contribution in [1.29, 1.82) is 0 Å². The average molecular weight is 734 g/mol. The van der Waals surface area contributed by atoms with Crippen molar-refractivity contribution in [2.45, 2.75) is 55.6 Å². The lowest BCUT2D eigenvalue weighted by molar-refractivity contribution is -0.140.